The summed E-state index contributed by atoms with van der Waals surface area (Å²) in [6.45, 7) is 1.93. The van der Waals surface area contributed by atoms with Gasteiger partial charge in [0.1, 0.15) is 6.07 Å². The molecule has 0 aliphatic heterocycles. The summed E-state index contributed by atoms with van der Waals surface area (Å²) in [7, 11) is 0. The molecule has 1 aromatic carbocycles. The zero-order valence-corrected chi connectivity index (χ0v) is 10.4. The van der Waals surface area contributed by atoms with E-state index in [0.29, 0.717) is 5.56 Å². The van der Waals surface area contributed by atoms with Gasteiger partial charge < -0.3 is 10.4 Å². The van der Waals surface area contributed by atoms with Crippen molar-refractivity contribution in [2.45, 2.75) is 38.1 Å². The van der Waals surface area contributed by atoms with E-state index in [-0.39, 0.29) is 12.0 Å². The normalized spacial score (nSPS) is 16.4. The average molecular weight is 244 g/mol. The van der Waals surface area contributed by atoms with Gasteiger partial charge in [0.15, 0.2) is 0 Å². The molecule has 4 heteroatoms. The lowest BCUT2D eigenvalue weighted by molar-refractivity contribution is -0.138. The number of hydrogen-bond donors (Lipinski definition) is 2. The molecule has 1 aliphatic carbocycles. The molecule has 0 radical (unpaired) electrons. The minimum Gasteiger partial charge on any atom is -0.481 e. The number of aryl methyl sites for hydroxylation is 1. The second-order valence-electron chi connectivity index (χ2n) is 4.99. The second-order valence-corrected chi connectivity index (χ2v) is 4.99. The van der Waals surface area contributed by atoms with Gasteiger partial charge in [-0.25, -0.2) is 0 Å². The van der Waals surface area contributed by atoms with Gasteiger partial charge in [0.05, 0.1) is 17.7 Å². The van der Waals surface area contributed by atoms with Crippen molar-refractivity contribution in [3.8, 4) is 6.07 Å². The van der Waals surface area contributed by atoms with Gasteiger partial charge in [0.2, 0.25) is 0 Å². The van der Waals surface area contributed by atoms with Crippen LogP contribution >= 0.6 is 0 Å². The molecule has 94 valence electrons. The first-order chi connectivity index (χ1) is 8.54. The van der Waals surface area contributed by atoms with Crippen LogP contribution in [0.25, 0.3) is 0 Å². The van der Waals surface area contributed by atoms with Gasteiger partial charge in [-0.2, -0.15) is 5.26 Å². The van der Waals surface area contributed by atoms with Crippen LogP contribution < -0.4 is 5.32 Å². The van der Waals surface area contributed by atoms with Crippen molar-refractivity contribution in [1.29, 1.82) is 5.26 Å². The quantitative estimate of drug-likeness (QED) is 0.854. The number of carboxylic acid groups (broad SMARTS) is 1. The monoisotopic (exact) mass is 244 g/mol. The zero-order chi connectivity index (χ0) is 13.2. The largest absolute Gasteiger partial charge is 0.481 e. The highest BCUT2D eigenvalue weighted by molar-refractivity contribution is 5.70. The molecule has 1 aromatic rings. The maximum absolute atomic E-state index is 10.9. The Morgan fingerprint density at radius 3 is 2.78 bits per heavy atom. The number of nitriles is 1. The van der Waals surface area contributed by atoms with E-state index in [1.54, 1.807) is 0 Å². The van der Waals surface area contributed by atoms with Gasteiger partial charge in [-0.3, -0.25) is 4.79 Å². The standard InChI is InChI=1S/C14H16N2O2/c1-10-3-4-12(11(7-10)9-15)16-14(5-2-6-14)8-13(17)18/h3-4,7,16H,2,5-6,8H2,1H3,(H,17,18). The molecule has 2 N–H and O–H groups in total. The van der Waals surface area contributed by atoms with Crippen molar-refractivity contribution in [2.24, 2.45) is 0 Å². The Morgan fingerprint density at radius 2 is 2.28 bits per heavy atom. The highest BCUT2D eigenvalue weighted by atomic mass is 16.4. The molecule has 2 rings (SSSR count). The fourth-order valence-corrected chi connectivity index (χ4v) is 2.38. The highest BCUT2D eigenvalue weighted by Crippen LogP contribution is 2.38. The predicted octanol–water partition coefficient (Wildman–Crippen LogP) is 2.68. The Kier molecular flexibility index (Phi) is 3.24. The Hall–Kier alpha value is -2.02. The molecule has 1 aliphatic rings. The van der Waals surface area contributed by atoms with Gasteiger partial charge >= 0.3 is 5.97 Å². The van der Waals surface area contributed by atoms with Gasteiger partial charge in [-0.15, -0.1) is 0 Å². The van der Waals surface area contributed by atoms with Crippen molar-refractivity contribution >= 4 is 11.7 Å². The van der Waals surface area contributed by atoms with Crippen LogP contribution in [0.2, 0.25) is 0 Å². The molecule has 0 saturated heterocycles. The lowest BCUT2D eigenvalue weighted by atomic mass is 9.74. The number of nitrogens with zero attached hydrogens (tertiary/aromatic N) is 1. The lowest BCUT2D eigenvalue weighted by Gasteiger charge is -2.42. The van der Waals surface area contributed by atoms with E-state index in [9.17, 15) is 4.79 Å². The first kappa shape index (κ1) is 12.4. The number of aliphatic carboxylic acids is 1. The topological polar surface area (TPSA) is 73.1 Å². The maximum atomic E-state index is 10.9. The van der Waals surface area contributed by atoms with Crippen LogP contribution in [0.3, 0.4) is 0 Å². The number of carboxylic acids is 1. The van der Waals surface area contributed by atoms with Gasteiger partial charge in [0, 0.05) is 5.54 Å². The molecule has 0 heterocycles. The van der Waals surface area contributed by atoms with E-state index in [1.165, 1.54) is 0 Å². The molecule has 1 saturated carbocycles. The van der Waals surface area contributed by atoms with Crippen LogP contribution in [-0.4, -0.2) is 16.6 Å². The fourth-order valence-electron chi connectivity index (χ4n) is 2.38. The minimum absolute atomic E-state index is 0.103. The van der Waals surface area contributed by atoms with Crippen molar-refractivity contribution in [3.05, 3.63) is 29.3 Å². The molecule has 1 fully saturated rings. The van der Waals surface area contributed by atoms with Crippen LogP contribution in [0.1, 0.15) is 36.8 Å². The number of nitrogens with one attached hydrogen (secondary N) is 1. The number of anilines is 1. The van der Waals surface area contributed by atoms with Crippen LogP contribution in [0.15, 0.2) is 18.2 Å². The summed E-state index contributed by atoms with van der Waals surface area (Å²) in [4.78, 5) is 10.9. The summed E-state index contributed by atoms with van der Waals surface area (Å²) in [6.07, 6.45) is 2.83. The van der Waals surface area contributed by atoms with E-state index >= 15 is 0 Å². The minimum atomic E-state index is -0.798. The molecular weight excluding hydrogens is 228 g/mol. The van der Waals surface area contributed by atoms with Crippen LogP contribution in [-0.2, 0) is 4.79 Å². The van der Waals surface area contributed by atoms with E-state index in [4.69, 9.17) is 10.4 Å². The van der Waals surface area contributed by atoms with E-state index < -0.39 is 5.97 Å². The Labute approximate surface area is 106 Å². The summed E-state index contributed by atoms with van der Waals surface area (Å²) < 4.78 is 0. The summed E-state index contributed by atoms with van der Waals surface area (Å²) in [5.41, 5.74) is 1.97. The molecule has 18 heavy (non-hydrogen) atoms. The smallest absolute Gasteiger partial charge is 0.305 e. The number of benzene rings is 1. The lowest BCUT2D eigenvalue weighted by Crippen LogP contribution is -2.46. The third-order valence-corrected chi connectivity index (χ3v) is 3.50. The summed E-state index contributed by atoms with van der Waals surface area (Å²) in [6, 6.07) is 7.75. The van der Waals surface area contributed by atoms with Crippen LogP contribution in [0.5, 0.6) is 0 Å². The Balaban J connectivity index is 2.23. The molecule has 4 nitrogen and oxygen atoms in total. The Morgan fingerprint density at radius 1 is 1.56 bits per heavy atom. The van der Waals surface area contributed by atoms with Crippen LogP contribution in [0.4, 0.5) is 5.69 Å². The van der Waals surface area contributed by atoms with Crippen molar-refractivity contribution in [2.75, 3.05) is 5.32 Å². The molecule has 0 unspecified atom stereocenters. The number of hydrogen-bond acceptors (Lipinski definition) is 3. The Bertz CT molecular complexity index is 513. The number of rotatable bonds is 4. The molecule has 0 atom stereocenters. The van der Waals surface area contributed by atoms with E-state index in [0.717, 1.165) is 30.5 Å². The average Bonchev–Trinajstić information content (AvgIpc) is 2.27. The fraction of sp³-hybridized carbons (Fsp3) is 0.429. The summed E-state index contributed by atoms with van der Waals surface area (Å²) in [5, 5.41) is 21.3. The first-order valence-corrected chi connectivity index (χ1v) is 6.05. The van der Waals surface area contributed by atoms with Gasteiger partial charge in [-0.1, -0.05) is 6.07 Å². The van der Waals surface area contributed by atoms with Crippen molar-refractivity contribution in [3.63, 3.8) is 0 Å². The SMILES string of the molecule is Cc1ccc(NC2(CC(=O)O)CCC2)c(C#N)c1. The summed E-state index contributed by atoms with van der Waals surface area (Å²) >= 11 is 0. The number of carbonyl (C=O) groups is 1. The van der Waals surface area contributed by atoms with E-state index in [2.05, 4.69) is 11.4 Å². The molecule has 0 amide bonds. The third-order valence-electron chi connectivity index (χ3n) is 3.50. The van der Waals surface area contributed by atoms with Crippen molar-refractivity contribution < 1.29 is 9.90 Å². The zero-order valence-electron chi connectivity index (χ0n) is 10.4. The first-order valence-electron chi connectivity index (χ1n) is 6.05. The molecular formula is C14H16N2O2. The molecule has 0 bridgehead atoms. The predicted molar refractivity (Wildman–Crippen MR) is 68.4 cm³/mol. The van der Waals surface area contributed by atoms with Gasteiger partial charge in [-0.05, 0) is 43.9 Å². The second kappa shape index (κ2) is 4.69. The molecule has 0 aromatic heterocycles. The van der Waals surface area contributed by atoms with Crippen molar-refractivity contribution in [1.82, 2.24) is 0 Å². The van der Waals surface area contributed by atoms with Gasteiger partial charge in [0.25, 0.3) is 0 Å². The third kappa shape index (κ3) is 2.45. The van der Waals surface area contributed by atoms with E-state index in [1.807, 2.05) is 25.1 Å². The van der Waals surface area contributed by atoms with Crippen LogP contribution in [0, 0.1) is 18.3 Å². The molecule has 0 spiro atoms. The summed E-state index contributed by atoms with van der Waals surface area (Å²) in [5.74, 6) is -0.798. The highest BCUT2D eigenvalue weighted by Gasteiger charge is 2.39. The maximum Gasteiger partial charge on any atom is 0.305 e.